The zero-order valence-electron chi connectivity index (χ0n) is 17.2. The molecule has 0 saturated carbocycles. The average Bonchev–Trinajstić information content (AvgIpc) is 3.23. The molecule has 0 aliphatic carbocycles. The first-order valence-electron chi connectivity index (χ1n) is 9.35. The topological polar surface area (TPSA) is 0 Å². The number of aryl methyl sites for hydroxylation is 2. The molecule has 0 aliphatic heterocycles. The molecule has 0 atom stereocenters. The van der Waals surface area contributed by atoms with Crippen LogP contribution in [0.4, 0.5) is 0 Å². The molecule has 26 heavy (non-hydrogen) atoms. The predicted octanol–water partition coefficient (Wildman–Crippen LogP) is 8.81. The van der Waals surface area contributed by atoms with Crippen molar-refractivity contribution in [2.75, 3.05) is 0 Å². The van der Waals surface area contributed by atoms with Crippen LogP contribution in [0.2, 0.25) is 0 Å². The van der Waals surface area contributed by atoms with E-state index in [2.05, 4.69) is 79.7 Å². The molecule has 3 aromatic rings. The van der Waals surface area contributed by atoms with E-state index in [-0.39, 0.29) is 10.8 Å². The molecule has 140 valence electrons. The maximum atomic E-state index is 2.40. The first kappa shape index (κ1) is 19.9. The Morgan fingerprint density at radius 1 is 0.769 bits per heavy atom. The fourth-order valence-corrected chi connectivity index (χ4v) is 7.01. The number of hydrogen-bond donors (Lipinski definition) is 0. The maximum Gasteiger partial charge on any atom is 0.0475 e. The van der Waals surface area contributed by atoms with Gasteiger partial charge in [-0.15, -0.1) is 34.0 Å². The summed E-state index contributed by atoms with van der Waals surface area (Å²) in [5.41, 5.74) is 3.32. The Morgan fingerprint density at radius 2 is 1.42 bits per heavy atom. The average molecular weight is 403 g/mol. The monoisotopic (exact) mass is 402 g/mol. The summed E-state index contributed by atoms with van der Waals surface area (Å²) >= 11 is 5.88. The molecule has 3 aromatic heterocycles. The lowest BCUT2D eigenvalue weighted by molar-refractivity contribution is 0.517. The van der Waals surface area contributed by atoms with Crippen LogP contribution in [-0.4, -0.2) is 0 Å². The largest absolute Gasteiger partial charge is 0.139 e. The molecule has 0 spiro atoms. The van der Waals surface area contributed by atoms with Gasteiger partial charge < -0.3 is 0 Å². The molecule has 0 nitrogen and oxygen atoms in total. The molecule has 0 unspecified atom stereocenters. The predicted molar refractivity (Wildman–Crippen MR) is 122 cm³/mol. The van der Waals surface area contributed by atoms with Crippen LogP contribution in [0.5, 0.6) is 0 Å². The minimum Gasteiger partial charge on any atom is -0.139 e. The third-order valence-electron chi connectivity index (χ3n) is 5.14. The van der Waals surface area contributed by atoms with Gasteiger partial charge in [-0.25, -0.2) is 0 Å². The van der Waals surface area contributed by atoms with E-state index in [9.17, 15) is 0 Å². The van der Waals surface area contributed by atoms with Gasteiger partial charge in [0.1, 0.15) is 0 Å². The van der Waals surface area contributed by atoms with Gasteiger partial charge in [0.05, 0.1) is 0 Å². The van der Waals surface area contributed by atoms with Gasteiger partial charge >= 0.3 is 0 Å². The molecule has 3 heterocycles. The van der Waals surface area contributed by atoms with Crippen LogP contribution >= 0.6 is 34.0 Å². The summed E-state index contributed by atoms with van der Waals surface area (Å²) in [6.07, 6.45) is 1.17. The highest BCUT2D eigenvalue weighted by atomic mass is 32.1. The SMILES string of the molecule is CCC(C)(C)c1cc(C)c(-c2ccc(-c3cc(C)c(C(C)(C)C)s3)s2)s1. The molecule has 3 heteroatoms. The Morgan fingerprint density at radius 3 is 2.00 bits per heavy atom. The van der Waals surface area contributed by atoms with Gasteiger partial charge in [0.15, 0.2) is 0 Å². The maximum absolute atomic E-state index is 2.40. The number of thiophene rings is 3. The minimum absolute atomic E-state index is 0.220. The lowest BCUT2D eigenvalue weighted by Gasteiger charge is -2.20. The summed E-state index contributed by atoms with van der Waals surface area (Å²) in [7, 11) is 0. The van der Waals surface area contributed by atoms with Crippen molar-refractivity contribution in [3.8, 4) is 19.5 Å². The molecule has 0 aromatic carbocycles. The van der Waals surface area contributed by atoms with Gasteiger partial charge in [0.2, 0.25) is 0 Å². The van der Waals surface area contributed by atoms with Gasteiger partial charge in [0.25, 0.3) is 0 Å². The highest BCUT2D eigenvalue weighted by Crippen LogP contribution is 2.46. The quantitative estimate of drug-likeness (QED) is 0.409. The minimum atomic E-state index is 0.220. The van der Waals surface area contributed by atoms with Crippen molar-refractivity contribution in [2.24, 2.45) is 0 Å². The van der Waals surface area contributed by atoms with Crippen molar-refractivity contribution in [3.63, 3.8) is 0 Å². The Bertz CT molecular complexity index is 910. The normalized spacial score (nSPS) is 12.8. The van der Waals surface area contributed by atoms with Crippen LogP contribution in [0.25, 0.3) is 19.5 Å². The van der Waals surface area contributed by atoms with Crippen LogP contribution in [-0.2, 0) is 10.8 Å². The standard InChI is InChI=1S/C23H30S3/c1-9-23(7,8)19-13-14(2)20(26-19)17-11-10-16(24-17)18-12-15(3)21(25-18)22(4,5)6/h10-13H,9H2,1-8H3. The van der Waals surface area contributed by atoms with E-state index in [0.29, 0.717) is 0 Å². The highest BCUT2D eigenvalue weighted by molar-refractivity contribution is 7.26. The highest BCUT2D eigenvalue weighted by Gasteiger charge is 2.23. The van der Waals surface area contributed by atoms with E-state index >= 15 is 0 Å². The second-order valence-corrected chi connectivity index (χ2v) is 12.1. The van der Waals surface area contributed by atoms with E-state index in [1.165, 1.54) is 46.8 Å². The molecular formula is C23H30S3. The second-order valence-electron chi connectivity index (χ2n) is 8.90. The van der Waals surface area contributed by atoms with Crippen molar-refractivity contribution in [1.82, 2.24) is 0 Å². The molecule has 0 saturated heterocycles. The fraction of sp³-hybridized carbons (Fsp3) is 0.478. The molecule has 0 N–H and O–H groups in total. The van der Waals surface area contributed by atoms with Crippen molar-refractivity contribution in [1.29, 1.82) is 0 Å². The smallest absolute Gasteiger partial charge is 0.0475 e. The molecule has 0 fully saturated rings. The van der Waals surface area contributed by atoms with Crippen molar-refractivity contribution < 1.29 is 0 Å². The summed E-state index contributed by atoms with van der Waals surface area (Å²) in [5.74, 6) is 0. The fourth-order valence-electron chi connectivity index (χ4n) is 3.17. The van der Waals surface area contributed by atoms with E-state index in [1.807, 2.05) is 34.0 Å². The summed E-state index contributed by atoms with van der Waals surface area (Å²) in [5, 5.41) is 0. The zero-order valence-corrected chi connectivity index (χ0v) is 19.7. The van der Waals surface area contributed by atoms with Crippen LogP contribution in [0.1, 0.15) is 68.8 Å². The molecule has 0 bridgehead atoms. The third kappa shape index (κ3) is 3.72. The Kier molecular flexibility index (Phi) is 5.29. The van der Waals surface area contributed by atoms with Gasteiger partial charge in [0, 0.05) is 29.3 Å². The Balaban J connectivity index is 1.97. The summed E-state index contributed by atoms with van der Waals surface area (Å²) < 4.78 is 0. The molecule has 3 rings (SSSR count). The molecule has 0 aliphatic rings. The first-order valence-corrected chi connectivity index (χ1v) is 11.8. The number of rotatable bonds is 4. The third-order valence-corrected chi connectivity index (χ3v) is 9.87. The summed E-state index contributed by atoms with van der Waals surface area (Å²) in [4.78, 5) is 8.66. The summed E-state index contributed by atoms with van der Waals surface area (Å²) in [6, 6.07) is 9.39. The lowest BCUT2D eigenvalue weighted by Crippen LogP contribution is -2.12. The Hall–Kier alpha value is -0.900. The summed E-state index contributed by atoms with van der Waals surface area (Å²) in [6.45, 7) is 18.4. The second kappa shape index (κ2) is 6.92. The molecule has 0 amide bonds. The van der Waals surface area contributed by atoms with Crippen LogP contribution < -0.4 is 0 Å². The van der Waals surface area contributed by atoms with Crippen LogP contribution in [0, 0.1) is 13.8 Å². The van der Waals surface area contributed by atoms with Crippen LogP contribution in [0.3, 0.4) is 0 Å². The van der Waals surface area contributed by atoms with Gasteiger partial charge in [-0.05, 0) is 66.5 Å². The van der Waals surface area contributed by atoms with Gasteiger partial charge in [-0.3, -0.25) is 0 Å². The zero-order chi connectivity index (χ0) is 19.3. The Labute approximate surface area is 170 Å². The molecule has 0 radical (unpaired) electrons. The van der Waals surface area contributed by atoms with Gasteiger partial charge in [-0.1, -0.05) is 41.5 Å². The van der Waals surface area contributed by atoms with Crippen molar-refractivity contribution >= 4 is 34.0 Å². The van der Waals surface area contributed by atoms with E-state index < -0.39 is 0 Å². The van der Waals surface area contributed by atoms with Crippen molar-refractivity contribution in [2.45, 2.75) is 72.6 Å². The van der Waals surface area contributed by atoms with Crippen LogP contribution in [0.15, 0.2) is 24.3 Å². The lowest BCUT2D eigenvalue weighted by atomic mass is 9.88. The number of hydrogen-bond acceptors (Lipinski definition) is 3. The van der Waals surface area contributed by atoms with Crippen molar-refractivity contribution in [3.05, 3.63) is 45.1 Å². The first-order chi connectivity index (χ1) is 12.0. The van der Waals surface area contributed by atoms with E-state index in [0.717, 1.165) is 0 Å². The van der Waals surface area contributed by atoms with E-state index in [1.54, 1.807) is 0 Å². The van der Waals surface area contributed by atoms with E-state index in [4.69, 9.17) is 0 Å². The van der Waals surface area contributed by atoms with Gasteiger partial charge in [-0.2, -0.15) is 0 Å². The molecular weight excluding hydrogens is 372 g/mol.